The summed E-state index contributed by atoms with van der Waals surface area (Å²) in [6.07, 6.45) is -3.23. The molecule has 1 heterocycles. The highest BCUT2D eigenvalue weighted by atomic mass is 35.5. The Kier molecular flexibility index (Phi) is 6.58. The number of carbonyl (C=O) groups is 2. The summed E-state index contributed by atoms with van der Waals surface area (Å²) in [7, 11) is 0. The van der Waals surface area contributed by atoms with Gasteiger partial charge < -0.3 is 29.7 Å². The molecule has 0 aromatic heterocycles. The Morgan fingerprint density at radius 1 is 1.21 bits per heavy atom. The largest absolute Gasteiger partial charge is 0.513 e. The molecule has 154 valence electrons. The molecule has 2 aromatic rings. The molecule has 2 aromatic carbocycles. The van der Waals surface area contributed by atoms with E-state index in [1.807, 2.05) is 19.1 Å². The molecule has 0 bridgehead atoms. The lowest BCUT2D eigenvalue weighted by Gasteiger charge is -2.18. The number of ether oxygens (including phenoxy) is 3. The van der Waals surface area contributed by atoms with Gasteiger partial charge in [0, 0.05) is 17.6 Å². The standard InChI is InChI=1S/C20H20ClNO7/c1-11(22-10-15(23)13-3-2-4-14(21)9-13)7-12-5-6-16-17(8-12)28-19(27-16)18(24)29-20(25)26/h2-6,8-9,11,15,19,22-23H,7,10H2,1H3,(H,25,26)/t11?,15?,19-/m1/s1. The predicted octanol–water partition coefficient (Wildman–Crippen LogP) is 2.91. The van der Waals surface area contributed by atoms with Crippen LogP contribution < -0.4 is 14.8 Å². The lowest BCUT2D eigenvalue weighted by molar-refractivity contribution is -0.156. The number of hydrogen-bond acceptors (Lipinski definition) is 7. The van der Waals surface area contributed by atoms with Gasteiger partial charge in [0.15, 0.2) is 11.5 Å². The number of halogens is 1. The SMILES string of the molecule is CC(Cc1ccc2c(c1)O[C@H](C(=O)OC(=O)O)O2)NCC(O)c1cccc(Cl)c1. The van der Waals surface area contributed by atoms with Gasteiger partial charge in [0.05, 0.1) is 6.10 Å². The molecular weight excluding hydrogens is 402 g/mol. The van der Waals surface area contributed by atoms with Crippen LogP contribution in [-0.4, -0.2) is 41.2 Å². The van der Waals surface area contributed by atoms with E-state index in [-0.39, 0.29) is 6.04 Å². The lowest BCUT2D eigenvalue weighted by Crippen LogP contribution is -2.32. The zero-order chi connectivity index (χ0) is 21.0. The second-order valence-electron chi connectivity index (χ2n) is 6.62. The molecule has 0 saturated heterocycles. The van der Waals surface area contributed by atoms with Crippen LogP contribution in [-0.2, 0) is 16.0 Å². The first-order chi connectivity index (χ1) is 13.8. The van der Waals surface area contributed by atoms with E-state index in [1.165, 1.54) is 0 Å². The van der Waals surface area contributed by atoms with Crippen molar-refractivity contribution in [3.05, 3.63) is 58.6 Å². The third kappa shape index (κ3) is 5.60. The Hall–Kier alpha value is -2.81. The Morgan fingerprint density at radius 3 is 2.69 bits per heavy atom. The first-order valence-electron chi connectivity index (χ1n) is 8.89. The van der Waals surface area contributed by atoms with Gasteiger partial charge in [-0.15, -0.1) is 0 Å². The molecular formula is C20H20ClNO7. The lowest BCUT2D eigenvalue weighted by atomic mass is 10.1. The first-order valence-corrected chi connectivity index (χ1v) is 9.27. The van der Waals surface area contributed by atoms with Crippen molar-refractivity contribution in [1.82, 2.24) is 5.32 Å². The van der Waals surface area contributed by atoms with Crippen LogP contribution in [0.2, 0.25) is 5.02 Å². The van der Waals surface area contributed by atoms with Gasteiger partial charge in [0.25, 0.3) is 0 Å². The molecule has 2 unspecified atom stereocenters. The first kappa shape index (κ1) is 20.9. The number of aliphatic hydroxyl groups excluding tert-OH is 1. The van der Waals surface area contributed by atoms with Crippen molar-refractivity contribution in [2.45, 2.75) is 31.8 Å². The Labute approximate surface area is 172 Å². The molecule has 1 aliphatic heterocycles. The Morgan fingerprint density at radius 2 is 1.97 bits per heavy atom. The summed E-state index contributed by atoms with van der Waals surface area (Å²) in [6.45, 7) is 2.33. The summed E-state index contributed by atoms with van der Waals surface area (Å²) in [5.74, 6) is -0.473. The van der Waals surface area contributed by atoms with Gasteiger partial charge in [-0.3, -0.25) is 0 Å². The molecule has 3 rings (SSSR count). The van der Waals surface area contributed by atoms with Crippen LogP contribution in [0.1, 0.15) is 24.2 Å². The number of fused-ring (bicyclic) bond motifs is 1. The summed E-state index contributed by atoms with van der Waals surface area (Å²) >= 11 is 5.95. The summed E-state index contributed by atoms with van der Waals surface area (Å²) < 4.78 is 14.6. The van der Waals surface area contributed by atoms with E-state index in [0.29, 0.717) is 29.5 Å². The van der Waals surface area contributed by atoms with E-state index in [9.17, 15) is 14.7 Å². The highest BCUT2D eigenvalue weighted by Gasteiger charge is 2.34. The van der Waals surface area contributed by atoms with E-state index in [0.717, 1.165) is 11.1 Å². The van der Waals surface area contributed by atoms with Gasteiger partial charge >= 0.3 is 18.4 Å². The summed E-state index contributed by atoms with van der Waals surface area (Å²) in [4.78, 5) is 22.0. The van der Waals surface area contributed by atoms with E-state index in [1.54, 1.807) is 30.3 Å². The highest BCUT2D eigenvalue weighted by molar-refractivity contribution is 6.30. The molecule has 0 amide bonds. The fraction of sp³-hybridized carbons (Fsp3) is 0.300. The van der Waals surface area contributed by atoms with Crippen molar-refractivity contribution in [3.63, 3.8) is 0 Å². The van der Waals surface area contributed by atoms with E-state index < -0.39 is 24.5 Å². The van der Waals surface area contributed by atoms with Gasteiger partial charge in [-0.05, 0) is 48.7 Å². The quantitative estimate of drug-likeness (QED) is 0.462. The smallest absolute Gasteiger partial charge is 0.449 e. The van der Waals surface area contributed by atoms with Crippen LogP contribution >= 0.6 is 11.6 Å². The van der Waals surface area contributed by atoms with Crippen molar-refractivity contribution >= 4 is 23.7 Å². The summed E-state index contributed by atoms with van der Waals surface area (Å²) in [5, 5.41) is 22.6. The Balaban J connectivity index is 1.53. The maximum absolute atomic E-state index is 11.6. The van der Waals surface area contributed by atoms with Crippen molar-refractivity contribution in [2.75, 3.05) is 6.54 Å². The molecule has 1 aliphatic rings. The number of esters is 1. The molecule has 9 heteroatoms. The summed E-state index contributed by atoms with van der Waals surface area (Å²) in [6, 6.07) is 12.3. The van der Waals surface area contributed by atoms with Crippen LogP contribution in [0, 0.1) is 0 Å². The minimum Gasteiger partial charge on any atom is -0.449 e. The zero-order valence-corrected chi connectivity index (χ0v) is 16.3. The number of nitrogens with one attached hydrogen (secondary N) is 1. The number of carbonyl (C=O) groups excluding carboxylic acids is 1. The van der Waals surface area contributed by atoms with Crippen molar-refractivity contribution in [2.24, 2.45) is 0 Å². The Bertz CT molecular complexity index is 904. The third-order valence-corrected chi connectivity index (χ3v) is 4.53. The van der Waals surface area contributed by atoms with Crippen LogP contribution in [0.5, 0.6) is 11.5 Å². The zero-order valence-electron chi connectivity index (χ0n) is 15.5. The van der Waals surface area contributed by atoms with Gasteiger partial charge in [-0.25, -0.2) is 9.59 Å². The number of aliphatic hydroxyl groups is 1. The highest BCUT2D eigenvalue weighted by Crippen LogP contribution is 2.36. The molecule has 29 heavy (non-hydrogen) atoms. The fourth-order valence-electron chi connectivity index (χ4n) is 2.92. The molecule has 8 nitrogen and oxygen atoms in total. The molecule has 0 fully saturated rings. The van der Waals surface area contributed by atoms with Crippen LogP contribution in [0.25, 0.3) is 0 Å². The summed E-state index contributed by atoms with van der Waals surface area (Å²) in [5.41, 5.74) is 1.65. The molecule has 3 N–H and O–H groups in total. The second kappa shape index (κ2) is 9.13. The van der Waals surface area contributed by atoms with Crippen LogP contribution in [0.15, 0.2) is 42.5 Å². The predicted molar refractivity (Wildman–Crippen MR) is 103 cm³/mol. The van der Waals surface area contributed by atoms with Gasteiger partial charge in [0.2, 0.25) is 0 Å². The van der Waals surface area contributed by atoms with Crippen molar-refractivity contribution in [3.8, 4) is 11.5 Å². The van der Waals surface area contributed by atoms with E-state index >= 15 is 0 Å². The van der Waals surface area contributed by atoms with Crippen molar-refractivity contribution in [1.29, 1.82) is 0 Å². The average Bonchev–Trinajstić information content (AvgIpc) is 3.09. The number of carboxylic acid groups (broad SMARTS) is 1. The maximum Gasteiger partial charge on any atom is 0.513 e. The third-order valence-electron chi connectivity index (χ3n) is 4.29. The minimum absolute atomic E-state index is 0.0389. The second-order valence-corrected chi connectivity index (χ2v) is 7.06. The number of rotatable bonds is 7. The monoisotopic (exact) mass is 421 g/mol. The molecule has 0 saturated carbocycles. The topological polar surface area (TPSA) is 114 Å². The fourth-order valence-corrected chi connectivity index (χ4v) is 3.12. The van der Waals surface area contributed by atoms with Gasteiger partial charge in [0.1, 0.15) is 0 Å². The van der Waals surface area contributed by atoms with Gasteiger partial charge in [-0.2, -0.15) is 0 Å². The van der Waals surface area contributed by atoms with E-state index in [4.69, 9.17) is 26.2 Å². The molecule has 0 aliphatic carbocycles. The molecule has 0 spiro atoms. The molecule has 3 atom stereocenters. The normalized spacial score (nSPS) is 16.9. The van der Waals surface area contributed by atoms with Gasteiger partial charge in [-0.1, -0.05) is 29.8 Å². The minimum atomic E-state index is -1.72. The van der Waals surface area contributed by atoms with Crippen molar-refractivity contribution < 1.29 is 34.0 Å². The van der Waals surface area contributed by atoms with Crippen LogP contribution in [0.3, 0.4) is 0 Å². The van der Waals surface area contributed by atoms with Crippen LogP contribution in [0.4, 0.5) is 4.79 Å². The average molecular weight is 422 g/mol. The maximum atomic E-state index is 11.6. The van der Waals surface area contributed by atoms with E-state index in [2.05, 4.69) is 10.1 Å². The number of hydrogen-bond donors (Lipinski definition) is 3. The number of benzene rings is 2. The molecule has 0 radical (unpaired) electrons.